The highest BCUT2D eigenvalue weighted by Gasteiger charge is 2.41. The fourth-order valence-corrected chi connectivity index (χ4v) is 3.87. The molecule has 120 valence electrons. The molecule has 0 radical (unpaired) electrons. The Balaban J connectivity index is 2.33. The van der Waals surface area contributed by atoms with Crippen molar-refractivity contribution in [3.63, 3.8) is 0 Å². The van der Waals surface area contributed by atoms with Crippen molar-refractivity contribution in [1.82, 2.24) is 4.90 Å². The first-order valence-electron chi connectivity index (χ1n) is 8.22. The van der Waals surface area contributed by atoms with Gasteiger partial charge in [0.05, 0.1) is 5.54 Å². The van der Waals surface area contributed by atoms with E-state index in [1.807, 2.05) is 30.3 Å². The van der Waals surface area contributed by atoms with Crippen molar-refractivity contribution in [2.24, 2.45) is 0 Å². The number of piperidine rings is 1. The maximum absolute atomic E-state index is 13.3. The first-order valence-corrected chi connectivity index (χ1v) is 9.45. The highest BCUT2D eigenvalue weighted by Crippen LogP contribution is 2.32. The summed E-state index contributed by atoms with van der Waals surface area (Å²) < 4.78 is 0. The number of nitrogens with zero attached hydrogens (tertiary/aromatic N) is 1. The minimum absolute atomic E-state index is 0.254. The lowest BCUT2D eigenvalue weighted by Gasteiger charge is -2.44. The maximum Gasteiger partial charge on any atom is 0.183 e. The van der Waals surface area contributed by atoms with Crippen LogP contribution in [0.1, 0.15) is 49.4 Å². The van der Waals surface area contributed by atoms with Gasteiger partial charge >= 0.3 is 0 Å². The van der Waals surface area contributed by atoms with E-state index in [1.165, 1.54) is 24.2 Å². The van der Waals surface area contributed by atoms with Gasteiger partial charge in [-0.2, -0.15) is 0 Å². The molecule has 3 heteroatoms. The minimum Gasteiger partial charge on any atom is -0.292 e. The van der Waals surface area contributed by atoms with Gasteiger partial charge in [0.1, 0.15) is 0 Å². The Morgan fingerprint density at radius 1 is 1.27 bits per heavy atom. The zero-order valence-corrected chi connectivity index (χ0v) is 14.6. The number of Topliss-reactive ketones (excluding diaryl/α,β-unsaturated/α-hetero) is 1. The summed E-state index contributed by atoms with van der Waals surface area (Å²) in [5.74, 6) is 0.254. The molecule has 1 aliphatic rings. The lowest BCUT2D eigenvalue weighted by Crippen LogP contribution is -2.55. The second-order valence-electron chi connectivity index (χ2n) is 5.98. The summed E-state index contributed by atoms with van der Waals surface area (Å²) in [5, 5.41) is 0. The average Bonchev–Trinajstić information content (AvgIpc) is 2.60. The number of hydrogen-bond acceptors (Lipinski definition) is 3. The molecule has 1 unspecified atom stereocenters. The van der Waals surface area contributed by atoms with E-state index < -0.39 is 5.54 Å². The summed E-state index contributed by atoms with van der Waals surface area (Å²) in [6, 6.07) is 8.04. The number of carbonyl (C=O) groups excluding carboxylic acids is 1. The Kier molecular flexibility index (Phi) is 6.27. The SMILES string of the molecule is C=CCC(CC)(C(=O)c1ccc(SC)cc1)N1CCCCC1. The lowest BCUT2D eigenvalue weighted by molar-refractivity contribution is 0.0446. The fourth-order valence-electron chi connectivity index (χ4n) is 3.47. The molecule has 0 amide bonds. The van der Waals surface area contributed by atoms with E-state index in [0.717, 1.165) is 31.5 Å². The molecular weight excluding hydrogens is 290 g/mol. The monoisotopic (exact) mass is 317 g/mol. The molecule has 1 atom stereocenters. The molecule has 0 saturated carbocycles. The van der Waals surface area contributed by atoms with Crippen molar-refractivity contribution >= 4 is 17.5 Å². The molecule has 1 aliphatic heterocycles. The Bertz CT molecular complexity index is 505. The van der Waals surface area contributed by atoms with Crippen LogP contribution in [0.4, 0.5) is 0 Å². The predicted octanol–water partition coefficient (Wildman–Crippen LogP) is 4.80. The van der Waals surface area contributed by atoms with Gasteiger partial charge < -0.3 is 0 Å². The van der Waals surface area contributed by atoms with Crippen molar-refractivity contribution < 1.29 is 4.79 Å². The van der Waals surface area contributed by atoms with Gasteiger partial charge in [-0.05, 0) is 57.2 Å². The van der Waals surface area contributed by atoms with E-state index in [9.17, 15) is 4.79 Å². The van der Waals surface area contributed by atoms with E-state index in [4.69, 9.17) is 0 Å². The van der Waals surface area contributed by atoms with Gasteiger partial charge in [-0.15, -0.1) is 18.3 Å². The lowest BCUT2D eigenvalue weighted by atomic mass is 9.81. The van der Waals surface area contributed by atoms with Crippen molar-refractivity contribution in [2.45, 2.75) is 49.5 Å². The molecule has 0 bridgehead atoms. The number of thioether (sulfide) groups is 1. The average molecular weight is 317 g/mol. The Hall–Kier alpha value is -1.06. The minimum atomic E-state index is -0.414. The van der Waals surface area contributed by atoms with Crippen molar-refractivity contribution in [1.29, 1.82) is 0 Å². The van der Waals surface area contributed by atoms with Crippen LogP contribution >= 0.6 is 11.8 Å². The summed E-state index contributed by atoms with van der Waals surface area (Å²) in [6.07, 6.45) is 9.19. The van der Waals surface area contributed by atoms with Crippen LogP contribution in [0, 0.1) is 0 Å². The molecular formula is C19H27NOS. The van der Waals surface area contributed by atoms with E-state index in [0.29, 0.717) is 0 Å². The maximum atomic E-state index is 13.3. The zero-order valence-electron chi connectivity index (χ0n) is 13.8. The second kappa shape index (κ2) is 7.98. The van der Waals surface area contributed by atoms with Gasteiger partial charge in [-0.25, -0.2) is 0 Å². The van der Waals surface area contributed by atoms with Crippen LogP contribution in [0.15, 0.2) is 41.8 Å². The first-order chi connectivity index (χ1) is 10.7. The second-order valence-corrected chi connectivity index (χ2v) is 6.86. The molecule has 2 nitrogen and oxygen atoms in total. The van der Waals surface area contributed by atoms with Gasteiger partial charge in [-0.3, -0.25) is 9.69 Å². The van der Waals surface area contributed by atoms with Crippen LogP contribution < -0.4 is 0 Å². The van der Waals surface area contributed by atoms with Crippen LogP contribution in [0.5, 0.6) is 0 Å². The normalized spacial score (nSPS) is 18.6. The third-order valence-electron chi connectivity index (χ3n) is 4.80. The first kappa shape index (κ1) is 17.3. The highest BCUT2D eigenvalue weighted by molar-refractivity contribution is 7.98. The number of rotatable bonds is 7. The summed E-state index contributed by atoms with van der Waals surface area (Å²) in [4.78, 5) is 16.9. The number of carbonyl (C=O) groups is 1. The summed E-state index contributed by atoms with van der Waals surface area (Å²) in [5.41, 5.74) is 0.412. The predicted molar refractivity (Wildman–Crippen MR) is 95.8 cm³/mol. The van der Waals surface area contributed by atoms with Crippen LogP contribution in [-0.4, -0.2) is 35.6 Å². The van der Waals surface area contributed by atoms with E-state index in [-0.39, 0.29) is 5.78 Å². The number of benzene rings is 1. The van der Waals surface area contributed by atoms with E-state index in [2.05, 4.69) is 24.7 Å². The quantitative estimate of drug-likeness (QED) is 0.409. The molecule has 1 aromatic rings. The summed E-state index contributed by atoms with van der Waals surface area (Å²) >= 11 is 1.70. The molecule has 1 heterocycles. The van der Waals surface area contributed by atoms with Crippen molar-refractivity contribution in [3.8, 4) is 0 Å². The molecule has 2 rings (SSSR count). The van der Waals surface area contributed by atoms with Crippen molar-refractivity contribution in [2.75, 3.05) is 19.3 Å². The third-order valence-corrected chi connectivity index (χ3v) is 5.55. The van der Waals surface area contributed by atoms with Crippen LogP contribution in [-0.2, 0) is 0 Å². The Morgan fingerprint density at radius 3 is 2.41 bits per heavy atom. The molecule has 0 spiro atoms. The van der Waals surface area contributed by atoms with Gasteiger partial charge in [0, 0.05) is 10.5 Å². The smallest absolute Gasteiger partial charge is 0.183 e. The number of hydrogen-bond donors (Lipinski definition) is 0. The van der Waals surface area contributed by atoms with E-state index in [1.54, 1.807) is 11.8 Å². The van der Waals surface area contributed by atoms with E-state index >= 15 is 0 Å². The summed E-state index contributed by atoms with van der Waals surface area (Å²) in [7, 11) is 0. The molecule has 22 heavy (non-hydrogen) atoms. The molecule has 1 aromatic carbocycles. The Labute approximate surface area is 139 Å². The molecule has 1 fully saturated rings. The zero-order chi connectivity index (χ0) is 16.0. The van der Waals surface area contributed by atoms with Crippen LogP contribution in [0.25, 0.3) is 0 Å². The standard InChI is InChI=1S/C19H27NOS/c1-4-13-19(5-2,20-14-7-6-8-15-20)18(21)16-9-11-17(22-3)12-10-16/h4,9-12H,1,5-8,13-15H2,2-3H3. The molecule has 0 aliphatic carbocycles. The van der Waals surface area contributed by atoms with Crippen LogP contribution in [0.2, 0.25) is 0 Å². The fraction of sp³-hybridized carbons (Fsp3) is 0.526. The topological polar surface area (TPSA) is 20.3 Å². The molecule has 0 aromatic heterocycles. The van der Waals surface area contributed by atoms with Gasteiger partial charge in [0.2, 0.25) is 0 Å². The largest absolute Gasteiger partial charge is 0.292 e. The van der Waals surface area contributed by atoms with Gasteiger partial charge in [-0.1, -0.05) is 31.6 Å². The number of ketones is 1. The van der Waals surface area contributed by atoms with Gasteiger partial charge in [0.25, 0.3) is 0 Å². The Morgan fingerprint density at radius 2 is 1.91 bits per heavy atom. The third kappa shape index (κ3) is 3.47. The highest BCUT2D eigenvalue weighted by atomic mass is 32.2. The summed E-state index contributed by atoms with van der Waals surface area (Å²) in [6.45, 7) is 8.09. The van der Waals surface area contributed by atoms with Gasteiger partial charge in [0.15, 0.2) is 5.78 Å². The van der Waals surface area contributed by atoms with Crippen molar-refractivity contribution in [3.05, 3.63) is 42.5 Å². The molecule has 0 N–H and O–H groups in total. The number of likely N-dealkylation sites (tertiary alicyclic amines) is 1. The molecule has 1 saturated heterocycles. The van der Waals surface area contributed by atoms with Crippen LogP contribution in [0.3, 0.4) is 0 Å².